The van der Waals surface area contributed by atoms with Crippen molar-refractivity contribution in [3.63, 3.8) is 0 Å². The standard InChI is InChI=1S/C18H25N3O4S/c1-14(18(23)19-10-12-20(13-11-19)26(2,24)25)21-16-8-4-3-6-15(16)7-5-9-17(21)22/h3-4,6,8,14H,5,7,9-13H2,1-2H3/t14-/m0/s1. The molecule has 142 valence electrons. The number of nitrogens with zero attached hydrogens (tertiary/aromatic N) is 3. The van der Waals surface area contributed by atoms with E-state index in [1.165, 1.54) is 10.6 Å². The number of carbonyl (C=O) groups excluding carboxylic acids is 2. The Hall–Kier alpha value is -1.93. The number of piperazine rings is 1. The summed E-state index contributed by atoms with van der Waals surface area (Å²) < 4.78 is 24.6. The molecule has 0 bridgehead atoms. The van der Waals surface area contributed by atoms with Crippen molar-refractivity contribution in [2.45, 2.75) is 32.2 Å². The highest BCUT2D eigenvalue weighted by Crippen LogP contribution is 2.29. The van der Waals surface area contributed by atoms with Gasteiger partial charge < -0.3 is 4.90 Å². The summed E-state index contributed by atoms with van der Waals surface area (Å²) in [5.74, 6) is -0.172. The largest absolute Gasteiger partial charge is 0.338 e. The summed E-state index contributed by atoms with van der Waals surface area (Å²) in [4.78, 5) is 28.9. The van der Waals surface area contributed by atoms with Crippen LogP contribution >= 0.6 is 0 Å². The van der Waals surface area contributed by atoms with Gasteiger partial charge in [-0.25, -0.2) is 8.42 Å². The highest BCUT2D eigenvalue weighted by Gasteiger charge is 2.34. The SMILES string of the molecule is C[C@@H](C(=O)N1CCN(S(C)(=O)=O)CC1)N1C(=O)CCCc2ccccc21. The molecular weight excluding hydrogens is 354 g/mol. The summed E-state index contributed by atoms with van der Waals surface area (Å²) in [6.45, 7) is 3.04. The molecule has 2 aliphatic rings. The molecule has 0 aromatic heterocycles. The lowest BCUT2D eigenvalue weighted by molar-refractivity contribution is -0.135. The van der Waals surface area contributed by atoms with Gasteiger partial charge in [-0.2, -0.15) is 4.31 Å². The highest BCUT2D eigenvalue weighted by atomic mass is 32.2. The third kappa shape index (κ3) is 3.76. The average Bonchev–Trinajstić information content (AvgIpc) is 2.78. The van der Waals surface area contributed by atoms with Crippen molar-refractivity contribution in [2.75, 3.05) is 37.3 Å². The van der Waals surface area contributed by atoms with Gasteiger partial charge in [-0.1, -0.05) is 18.2 Å². The van der Waals surface area contributed by atoms with E-state index in [9.17, 15) is 18.0 Å². The zero-order chi connectivity index (χ0) is 18.9. The van der Waals surface area contributed by atoms with E-state index in [2.05, 4.69) is 0 Å². The predicted molar refractivity (Wildman–Crippen MR) is 99.3 cm³/mol. The summed E-state index contributed by atoms with van der Waals surface area (Å²) in [6.07, 6.45) is 3.21. The molecule has 0 N–H and O–H groups in total. The molecule has 7 nitrogen and oxygen atoms in total. The number of anilines is 1. The van der Waals surface area contributed by atoms with Crippen LogP contribution in [0.2, 0.25) is 0 Å². The first-order valence-electron chi connectivity index (χ1n) is 8.93. The molecule has 1 aromatic carbocycles. The number of hydrogen-bond acceptors (Lipinski definition) is 4. The van der Waals surface area contributed by atoms with Gasteiger partial charge in [0.1, 0.15) is 6.04 Å². The van der Waals surface area contributed by atoms with Crippen LogP contribution in [0, 0.1) is 0 Å². The maximum absolute atomic E-state index is 13.0. The third-order valence-electron chi connectivity index (χ3n) is 5.12. The number of hydrogen-bond donors (Lipinski definition) is 0. The van der Waals surface area contributed by atoms with E-state index in [1.807, 2.05) is 24.3 Å². The number of para-hydroxylation sites is 1. The fourth-order valence-electron chi connectivity index (χ4n) is 3.68. The monoisotopic (exact) mass is 379 g/mol. The van der Waals surface area contributed by atoms with Crippen LogP contribution in [0.5, 0.6) is 0 Å². The minimum atomic E-state index is -3.24. The zero-order valence-electron chi connectivity index (χ0n) is 15.2. The molecule has 1 fully saturated rings. The second kappa shape index (κ2) is 7.36. The van der Waals surface area contributed by atoms with Gasteiger partial charge in [-0.05, 0) is 31.4 Å². The molecule has 0 radical (unpaired) electrons. The Morgan fingerprint density at radius 2 is 1.73 bits per heavy atom. The average molecular weight is 379 g/mol. The normalized spacial score (nSPS) is 20.5. The lowest BCUT2D eigenvalue weighted by Gasteiger charge is -2.37. The molecule has 1 atom stereocenters. The topological polar surface area (TPSA) is 78.0 Å². The number of rotatable bonds is 3. The quantitative estimate of drug-likeness (QED) is 0.780. The first kappa shape index (κ1) is 18.8. The Morgan fingerprint density at radius 1 is 1.08 bits per heavy atom. The van der Waals surface area contributed by atoms with Crippen LogP contribution < -0.4 is 4.90 Å². The van der Waals surface area contributed by atoms with Crippen LogP contribution in [-0.4, -0.2) is 67.9 Å². The van der Waals surface area contributed by atoms with E-state index < -0.39 is 16.1 Å². The summed E-state index contributed by atoms with van der Waals surface area (Å²) >= 11 is 0. The van der Waals surface area contributed by atoms with Gasteiger partial charge in [0.25, 0.3) is 0 Å². The van der Waals surface area contributed by atoms with Gasteiger partial charge in [0.2, 0.25) is 21.8 Å². The van der Waals surface area contributed by atoms with Gasteiger partial charge >= 0.3 is 0 Å². The second-order valence-electron chi connectivity index (χ2n) is 6.91. The fourth-order valence-corrected chi connectivity index (χ4v) is 4.51. The van der Waals surface area contributed by atoms with E-state index in [0.717, 1.165) is 24.1 Å². The summed E-state index contributed by atoms with van der Waals surface area (Å²) in [5, 5.41) is 0. The van der Waals surface area contributed by atoms with Crippen molar-refractivity contribution in [1.82, 2.24) is 9.21 Å². The molecule has 2 heterocycles. The minimum absolute atomic E-state index is 0.0365. The molecule has 26 heavy (non-hydrogen) atoms. The number of fused-ring (bicyclic) bond motifs is 1. The smallest absolute Gasteiger partial charge is 0.245 e. The Morgan fingerprint density at radius 3 is 2.38 bits per heavy atom. The van der Waals surface area contributed by atoms with Crippen LogP contribution in [-0.2, 0) is 26.0 Å². The van der Waals surface area contributed by atoms with Crippen molar-refractivity contribution in [3.05, 3.63) is 29.8 Å². The Labute approximate surface area is 154 Å². The summed E-state index contributed by atoms with van der Waals surface area (Å²) in [6, 6.07) is 7.12. The summed E-state index contributed by atoms with van der Waals surface area (Å²) in [5.41, 5.74) is 1.89. The van der Waals surface area contributed by atoms with Crippen molar-refractivity contribution in [2.24, 2.45) is 0 Å². The Balaban J connectivity index is 1.77. The van der Waals surface area contributed by atoms with Crippen LogP contribution in [0.25, 0.3) is 0 Å². The number of carbonyl (C=O) groups is 2. The molecule has 2 aliphatic heterocycles. The molecule has 0 unspecified atom stereocenters. The Bertz CT molecular complexity index is 800. The van der Waals surface area contributed by atoms with Crippen molar-refractivity contribution in [1.29, 1.82) is 0 Å². The van der Waals surface area contributed by atoms with E-state index in [0.29, 0.717) is 32.6 Å². The number of sulfonamides is 1. The second-order valence-corrected chi connectivity index (χ2v) is 8.89. The first-order valence-corrected chi connectivity index (χ1v) is 10.8. The molecule has 1 saturated heterocycles. The van der Waals surface area contributed by atoms with Crippen LogP contribution in [0.4, 0.5) is 5.69 Å². The number of aryl methyl sites for hydroxylation is 1. The number of amides is 2. The van der Waals surface area contributed by atoms with Crippen molar-refractivity contribution < 1.29 is 18.0 Å². The van der Waals surface area contributed by atoms with Crippen molar-refractivity contribution >= 4 is 27.5 Å². The van der Waals surface area contributed by atoms with Crippen molar-refractivity contribution in [3.8, 4) is 0 Å². The van der Waals surface area contributed by atoms with Crippen LogP contribution in [0.15, 0.2) is 24.3 Å². The van der Waals surface area contributed by atoms with Crippen LogP contribution in [0.1, 0.15) is 25.3 Å². The molecule has 8 heteroatoms. The Kier molecular flexibility index (Phi) is 5.34. The molecule has 1 aromatic rings. The van der Waals surface area contributed by atoms with E-state index in [4.69, 9.17) is 0 Å². The van der Waals surface area contributed by atoms with E-state index in [-0.39, 0.29) is 11.8 Å². The van der Waals surface area contributed by atoms with E-state index in [1.54, 1.807) is 16.7 Å². The maximum atomic E-state index is 13.0. The lowest BCUT2D eigenvalue weighted by Crippen LogP contribution is -2.56. The molecule has 2 amide bonds. The first-order chi connectivity index (χ1) is 12.3. The zero-order valence-corrected chi connectivity index (χ0v) is 16.0. The molecule has 0 saturated carbocycles. The summed E-state index contributed by atoms with van der Waals surface area (Å²) in [7, 11) is -3.24. The molecule has 0 spiro atoms. The number of benzene rings is 1. The van der Waals surface area contributed by atoms with Gasteiger partial charge in [0.15, 0.2) is 0 Å². The van der Waals surface area contributed by atoms with Gasteiger partial charge in [0.05, 0.1) is 6.26 Å². The molecule has 0 aliphatic carbocycles. The van der Waals surface area contributed by atoms with E-state index >= 15 is 0 Å². The van der Waals surface area contributed by atoms with Crippen LogP contribution in [0.3, 0.4) is 0 Å². The van der Waals surface area contributed by atoms with Gasteiger partial charge in [-0.3, -0.25) is 14.5 Å². The lowest BCUT2D eigenvalue weighted by atomic mass is 10.1. The highest BCUT2D eigenvalue weighted by molar-refractivity contribution is 7.88. The van der Waals surface area contributed by atoms with Gasteiger partial charge in [0, 0.05) is 38.3 Å². The fraction of sp³-hybridized carbons (Fsp3) is 0.556. The molecular formula is C18H25N3O4S. The third-order valence-corrected chi connectivity index (χ3v) is 6.42. The molecule has 3 rings (SSSR count). The minimum Gasteiger partial charge on any atom is -0.338 e. The maximum Gasteiger partial charge on any atom is 0.245 e. The van der Waals surface area contributed by atoms with Gasteiger partial charge in [-0.15, -0.1) is 0 Å². The predicted octanol–water partition coefficient (Wildman–Crippen LogP) is 0.848.